The molecule has 1 atom stereocenters. The minimum atomic E-state index is -4.10. The van der Waals surface area contributed by atoms with Crippen LogP contribution >= 0.6 is 0 Å². The van der Waals surface area contributed by atoms with Gasteiger partial charge in [0.2, 0.25) is 5.88 Å². The van der Waals surface area contributed by atoms with E-state index in [-0.39, 0.29) is 12.5 Å². The molecule has 1 aromatic heterocycles. The number of methoxy groups -OCH3 is 1. The highest BCUT2D eigenvalue weighted by Gasteiger charge is 2.27. The molecule has 0 aromatic carbocycles. The van der Waals surface area contributed by atoms with Crippen LogP contribution in [-0.2, 0) is 6.42 Å². The summed E-state index contributed by atoms with van der Waals surface area (Å²) in [6.07, 6.45) is -2.68. The number of alkyl halides is 3. The summed E-state index contributed by atoms with van der Waals surface area (Å²) >= 11 is 0. The van der Waals surface area contributed by atoms with Crippen LogP contribution in [0.4, 0.5) is 13.2 Å². The first-order valence-corrected chi connectivity index (χ1v) is 5.67. The van der Waals surface area contributed by atoms with Crippen molar-refractivity contribution in [3.63, 3.8) is 0 Å². The molecule has 1 aromatic rings. The van der Waals surface area contributed by atoms with E-state index in [1.54, 1.807) is 19.3 Å². The fourth-order valence-electron chi connectivity index (χ4n) is 1.62. The summed E-state index contributed by atoms with van der Waals surface area (Å²) in [4.78, 5) is 4.02. The Balaban J connectivity index is 2.51. The number of nitrogens with one attached hydrogen (secondary N) is 1. The van der Waals surface area contributed by atoms with E-state index in [2.05, 4.69) is 10.3 Å². The number of halogens is 3. The maximum Gasteiger partial charge on any atom is 0.389 e. The van der Waals surface area contributed by atoms with Crippen LogP contribution in [0.15, 0.2) is 18.3 Å². The number of likely N-dealkylation sites (N-methyl/N-ethyl adjacent to an activating group) is 1. The van der Waals surface area contributed by atoms with Crippen molar-refractivity contribution in [3.8, 4) is 5.88 Å². The van der Waals surface area contributed by atoms with Crippen LogP contribution in [-0.4, -0.2) is 31.4 Å². The van der Waals surface area contributed by atoms with Gasteiger partial charge in [-0.25, -0.2) is 4.98 Å². The first kappa shape index (κ1) is 14.8. The molecule has 6 heteroatoms. The van der Waals surface area contributed by atoms with Crippen molar-refractivity contribution in [2.24, 2.45) is 0 Å². The molecule has 18 heavy (non-hydrogen) atoms. The summed E-state index contributed by atoms with van der Waals surface area (Å²) in [7, 11) is 3.18. The lowest BCUT2D eigenvalue weighted by atomic mass is 10.0. The Labute approximate surface area is 104 Å². The number of rotatable bonds is 6. The third kappa shape index (κ3) is 5.35. The minimum absolute atomic E-state index is 0.0615. The molecule has 102 valence electrons. The molecule has 0 amide bonds. The van der Waals surface area contributed by atoms with E-state index in [0.717, 1.165) is 5.56 Å². The number of nitrogens with zero attached hydrogens (tertiary/aromatic N) is 1. The van der Waals surface area contributed by atoms with E-state index in [0.29, 0.717) is 12.3 Å². The first-order chi connectivity index (χ1) is 8.44. The molecule has 0 radical (unpaired) electrons. The second-order valence-electron chi connectivity index (χ2n) is 4.05. The van der Waals surface area contributed by atoms with Crippen molar-refractivity contribution in [1.29, 1.82) is 0 Å². The molecule has 0 spiro atoms. The molecule has 1 unspecified atom stereocenters. The van der Waals surface area contributed by atoms with Crippen LogP contribution in [0.25, 0.3) is 0 Å². The molecule has 1 heterocycles. The van der Waals surface area contributed by atoms with Gasteiger partial charge in [0.1, 0.15) is 0 Å². The molecule has 1 rings (SSSR count). The normalized spacial score (nSPS) is 13.4. The average Bonchev–Trinajstić information content (AvgIpc) is 2.34. The van der Waals surface area contributed by atoms with E-state index in [1.807, 2.05) is 6.07 Å². The zero-order valence-corrected chi connectivity index (χ0v) is 10.4. The Morgan fingerprint density at radius 2 is 2.11 bits per heavy atom. The second-order valence-corrected chi connectivity index (χ2v) is 4.05. The van der Waals surface area contributed by atoms with Crippen molar-refractivity contribution >= 4 is 0 Å². The van der Waals surface area contributed by atoms with Crippen molar-refractivity contribution in [2.45, 2.75) is 31.5 Å². The highest BCUT2D eigenvalue weighted by molar-refractivity contribution is 5.18. The van der Waals surface area contributed by atoms with E-state index >= 15 is 0 Å². The molecule has 0 aliphatic carbocycles. The first-order valence-electron chi connectivity index (χ1n) is 5.67. The van der Waals surface area contributed by atoms with E-state index < -0.39 is 12.6 Å². The van der Waals surface area contributed by atoms with Gasteiger partial charge in [0.25, 0.3) is 0 Å². The molecular formula is C12H17F3N2O. The van der Waals surface area contributed by atoms with Gasteiger partial charge >= 0.3 is 6.18 Å². The van der Waals surface area contributed by atoms with Crippen LogP contribution in [0.5, 0.6) is 5.88 Å². The summed E-state index contributed by atoms with van der Waals surface area (Å²) < 4.78 is 41.3. The van der Waals surface area contributed by atoms with Crippen molar-refractivity contribution in [2.75, 3.05) is 14.2 Å². The Hall–Kier alpha value is -1.30. The summed E-state index contributed by atoms with van der Waals surface area (Å²) in [5.74, 6) is 0.495. The predicted octanol–water partition coefficient (Wildman–Crippen LogP) is 2.56. The topological polar surface area (TPSA) is 34.1 Å². The summed E-state index contributed by atoms with van der Waals surface area (Å²) in [6, 6.07) is 3.30. The lowest BCUT2D eigenvalue weighted by Gasteiger charge is -2.17. The van der Waals surface area contributed by atoms with Crippen LogP contribution in [0, 0.1) is 0 Å². The number of ether oxygens (including phenoxy) is 1. The molecule has 0 saturated heterocycles. The summed E-state index contributed by atoms with van der Waals surface area (Å²) in [5, 5.41) is 2.89. The minimum Gasteiger partial charge on any atom is -0.481 e. The van der Waals surface area contributed by atoms with Gasteiger partial charge in [0.15, 0.2) is 0 Å². The zero-order chi connectivity index (χ0) is 13.6. The third-order valence-electron chi connectivity index (χ3n) is 2.67. The third-order valence-corrected chi connectivity index (χ3v) is 2.67. The molecule has 0 bridgehead atoms. The van der Waals surface area contributed by atoms with Gasteiger partial charge in [0, 0.05) is 24.7 Å². The van der Waals surface area contributed by atoms with E-state index in [1.165, 1.54) is 7.11 Å². The summed E-state index contributed by atoms with van der Waals surface area (Å²) in [6.45, 7) is 0. The van der Waals surface area contributed by atoms with Gasteiger partial charge in [-0.15, -0.1) is 0 Å². The quantitative estimate of drug-likeness (QED) is 0.855. The van der Waals surface area contributed by atoms with Gasteiger partial charge in [-0.2, -0.15) is 13.2 Å². The average molecular weight is 262 g/mol. The zero-order valence-electron chi connectivity index (χ0n) is 10.4. The predicted molar refractivity (Wildman–Crippen MR) is 62.6 cm³/mol. The number of pyridine rings is 1. The van der Waals surface area contributed by atoms with Crippen molar-refractivity contribution < 1.29 is 17.9 Å². The van der Waals surface area contributed by atoms with Gasteiger partial charge in [-0.05, 0) is 25.5 Å². The fraction of sp³-hybridized carbons (Fsp3) is 0.583. The lowest BCUT2D eigenvalue weighted by Crippen LogP contribution is -2.29. The van der Waals surface area contributed by atoms with Gasteiger partial charge in [-0.1, -0.05) is 6.07 Å². The molecule has 0 aliphatic rings. The Kier molecular flexibility index (Phi) is 5.40. The maximum atomic E-state index is 12.1. The largest absolute Gasteiger partial charge is 0.481 e. The van der Waals surface area contributed by atoms with Crippen molar-refractivity contribution in [3.05, 3.63) is 23.9 Å². The highest BCUT2D eigenvalue weighted by atomic mass is 19.4. The summed E-state index contributed by atoms with van der Waals surface area (Å²) in [5.41, 5.74) is 0.886. The van der Waals surface area contributed by atoms with Crippen LogP contribution in [0.1, 0.15) is 18.4 Å². The lowest BCUT2D eigenvalue weighted by molar-refractivity contribution is -0.136. The fourth-order valence-corrected chi connectivity index (χ4v) is 1.62. The van der Waals surface area contributed by atoms with E-state index in [4.69, 9.17) is 4.74 Å². The Bertz CT molecular complexity index is 351. The smallest absolute Gasteiger partial charge is 0.389 e. The number of aromatic nitrogens is 1. The van der Waals surface area contributed by atoms with Crippen LogP contribution in [0.2, 0.25) is 0 Å². The van der Waals surface area contributed by atoms with Crippen LogP contribution in [0.3, 0.4) is 0 Å². The Morgan fingerprint density at radius 3 is 2.56 bits per heavy atom. The standard InChI is InChI=1S/C12H17F3N2O/c1-16-10(5-6-12(13,14)15)7-9-3-4-11(18-2)17-8-9/h3-4,8,10,16H,5-7H2,1-2H3. The van der Waals surface area contributed by atoms with Crippen molar-refractivity contribution in [1.82, 2.24) is 10.3 Å². The maximum absolute atomic E-state index is 12.1. The second kappa shape index (κ2) is 6.58. The molecule has 0 fully saturated rings. The van der Waals surface area contributed by atoms with Gasteiger partial charge in [-0.3, -0.25) is 0 Å². The van der Waals surface area contributed by atoms with Gasteiger partial charge in [0.05, 0.1) is 7.11 Å². The molecule has 0 aliphatic heterocycles. The molecule has 0 saturated carbocycles. The van der Waals surface area contributed by atoms with Crippen LogP contribution < -0.4 is 10.1 Å². The SMILES string of the molecule is CNC(CCC(F)(F)F)Cc1ccc(OC)nc1. The van der Waals surface area contributed by atoms with Gasteiger partial charge < -0.3 is 10.1 Å². The molecule has 3 nitrogen and oxygen atoms in total. The number of hydrogen-bond donors (Lipinski definition) is 1. The number of hydrogen-bond acceptors (Lipinski definition) is 3. The monoisotopic (exact) mass is 262 g/mol. The highest BCUT2D eigenvalue weighted by Crippen LogP contribution is 2.23. The van der Waals surface area contributed by atoms with E-state index in [9.17, 15) is 13.2 Å². The molecular weight excluding hydrogens is 245 g/mol. The Morgan fingerprint density at radius 1 is 1.39 bits per heavy atom. The molecule has 1 N–H and O–H groups in total.